The van der Waals surface area contributed by atoms with Gasteiger partial charge < -0.3 is 14.7 Å². The molecule has 0 fully saturated rings. The highest BCUT2D eigenvalue weighted by Crippen LogP contribution is 2.45. The van der Waals surface area contributed by atoms with Crippen molar-refractivity contribution in [2.45, 2.75) is 51.6 Å². The monoisotopic (exact) mass is 277 g/mol. The van der Waals surface area contributed by atoms with Crippen LogP contribution in [0.15, 0.2) is 18.2 Å². The molecule has 0 amide bonds. The van der Waals surface area contributed by atoms with Gasteiger partial charge in [-0.3, -0.25) is 0 Å². The summed E-state index contributed by atoms with van der Waals surface area (Å²) >= 11 is 0. The zero-order chi connectivity index (χ0) is 15.1. The molecule has 4 heteroatoms. The molecule has 0 bridgehead atoms. The number of fused-ring (bicyclic) bond motifs is 1. The van der Waals surface area contributed by atoms with Crippen molar-refractivity contribution < 1.29 is 14.6 Å². The van der Waals surface area contributed by atoms with Crippen LogP contribution in [0.3, 0.4) is 0 Å². The number of aliphatic carboxylic acids is 1. The minimum Gasteiger partial charge on any atom is -0.497 e. The normalized spacial score (nSPS) is 22.1. The molecule has 1 aliphatic heterocycles. The van der Waals surface area contributed by atoms with E-state index in [0.29, 0.717) is 5.92 Å². The average Bonchev–Trinajstić information content (AvgIpc) is 2.36. The lowest BCUT2D eigenvalue weighted by Crippen LogP contribution is -2.55. The highest BCUT2D eigenvalue weighted by molar-refractivity contribution is 5.80. The fourth-order valence-corrected chi connectivity index (χ4v) is 3.40. The highest BCUT2D eigenvalue weighted by Gasteiger charge is 2.40. The van der Waals surface area contributed by atoms with Gasteiger partial charge in [0.15, 0.2) is 0 Å². The number of benzene rings is 1. The second-order valence-corrected chi connectivity index (χ2v) is 6.23. The number of carbonyl (C=O) groups is 1. The van der Waals surface area contributed by atoms with Crippen molar-refractivity contribution in [3.8, 4) is 5.75 Å². The second-order valence-electron chi connectivity index (χ2n) is 6.23. The summed E-state index contributed by atoms with van der Waals surface area (Å²) in [5.74, 6) is 0.362. The van der Waals surface area contributed by atoms with E-state index in [1.807, 2.05) is 17.0 Å². The summed E-state index contributed by atoms with van der Waals surface area (Å²) in [4.78, 5) is 13.5. The molecule has 0 radical (unpaired) electrons. The van der Waals surface area contributed by atoms with Crippen molar-refractivity contribution in [1.29, 1.82) is 0 Å². The SMILES string of the molecule is COc1ccc2c(c1)N([C@H](C)C(=O)O)C(C)(C)C[C@@H]2C. The standard InChI is InChI=1S/C16H23NO3/c1-10-9-16(3,4)17(11(2)15(18)19)14-8-12(20-5)6-7-13(10)14/h6-8,10-11H,9H2,1-5H3,(H,18,19)/t10-,11+/m0/s1. The van der Waals surface area contributed by atoms with Gasteiger partial charge in [0, 0.05) is 17.3 Å². The largest absolute Gasteiger partial charge is 0.497 e. The molecule has 0 unspecified atom stereocenters. The lowest BCUT2D eigenvalue weighted by atomic mass is 9.79. The van der Waals surface area contributed by atoms with Crippen molar-refractivity contribution in [2.75, 3.05) is 12.0 Å². The Bertz CT molecular complexity index is 524. The summed E-state index contributed by atoms with van der Waals surface area (Å²) in [7, 11) is 1.63. The van der Waals surface area contributed by atoms with Gasteiger partial charge >= 0.3 is 5.97 Å². The third-order valence-electron chi connectivity index (χ3n) is 4.23. The number of carboxylic acid groups (broad SMARTS) is 1. The van der Waals surface area contributed by atoms with Gasteiger partial charge in [-0.1, -0.05) is 13.0 Å². The summed E-state index contributed by atoms with van der Waals surface area (Å²) < 4.78 is 5.30. The summed E-state index contributed by atoms with van der Waals surface area (Å²) in [5, 5.41) is 9.41. The number of carboxylic acids is 1. The zero-order valence-electron chi connectivity index (χ0n) is 12.8. The molecule has 110 valence electrons. The van der Waals surface area contributed by atoms with E-state index in [-0.39, 0.29) is 5.54 Å². The molecule has 0 spiro atoms. The fourth-order valence-electron chi connectivity index (χ4n) is 3.40. The smallest absolute Gasteiger partial charge is 0.326 e. The van der Waals surface area contributed by atoms with E-state index in [1.165, 1.54) is 5.56 Å². The molecule has 1 heterocycles. The quantitative estimate of drug-likeness (QED) is 0.921. The van der Waals surface area contributed by atoms with Crippen LogP contribution >= 0.6 is 0 Å². The topological polar surface area (TPSA) is 49.8 Å². The Morgan fingerprint density at radius 3 is 2.70 bits per heavy atom. The molecule has 2 rings (SSSR count). The number of nitrogens with zero attached hydrogens (tertiary/aromatic N) is 1. The lowest BCUT2D eigenvalue weighted by Gasteiger charge is -2.49. The van der Waals surface area contributed by atoms with Crippen molar-refractivity contribution in [2.24, 2.45) is 0 Å². The summed E-state index contributed by atoms with van der Waals surface area (Å²) in [6.07, 6.45) is 0.934. The fraction of sp³-hybridized carbons (Fsp3) is 0.562. The number of hydrogen-bond acceptors (Lipinski definition) is 3. The van der Waals surface area contributed by atoms with Crippen LogP contribution in [0.1, 0.15) is 45.6 Å². The van der Waals surface area contributed by atoms with Gasteiger partial charge in [-0.15, -0.1) is 0 Å². The number of methoxy groups -OCH3 is 1. The Morgan fingerprint density at radius 2 is 2.15 bits per heavy atom. The van der Waals surface area contributed by atoms with Crippen LogP contribution in [0.4, 0.5) is 5.69 Å². The first kappa shape index (κ1) is 14.7. The Balaban J connectivity index is 2.59. The predicted molar refractivity (Wildman–Crippen MR) is 79.7 cm³/mol. The predicted octanol–water partition coefficient (Wildman–Crippen LogP) is 3.26. The van der Waals surface area contributed by atoms with Gasteiger partial charge in [0.1, 0.15) is 11.8 Å². The lowest BCUT2D eigenvalue weighted by molar-refractivity contribution is -0.138. The Labute approximate surface area is 120 Å². The van der Waals surface area contributed by atoms with Crippen molar-refractivity contribution in [1.82, 2.24) is 0 Å². The first-order valence-corrected chi connectivity index (χ1v) is 6.98. The molecule has 1 aromatic rings. The third kappa shape index (κ3) is 2.35. The molecule has 0 saturated heterocycles. The number of anilines is 1. The Morgan fingerprint density at radius 1 is 1.50 bits per heavy atom. The maximum absolute atomic E-state index is 11.5. The molecule has 2 atom stereocenters. The minimum atomic E-state index is -0.804. The van der Waals surface area contributed by atoms with Gasteiger partial charge in [-0.05, 0) is 44.7 Å². The van der Waals surface area contributed by atoms with Crippen LogP contribution in [-0.2, 0) is 4.79 Å². The van der Waals surface area contributed by atoms with E-state index in [0.717, 1.165) is 17.9 Å². The highest BCUT2D eigenvalue weighted by atomic mass is 16.5. The zero-order valence-corrected chi connectivity index (χ0v) is 12.8. The van der Waals surface area contributed by atoms with E-state index in [4.69, 9.17) is 4.74 Å². The van der Waals surface area contributed by atoms with Gasteiger partial charge in [-0.25, -0.2) is 4.79 Å². The van der Waals surface area contributed by atoms with Crippen molar-refractivity contribution in [3.05, 3.63) is 23.8 Å². The summed E-state index contributed by atoms with van der Waals surface area (Å²) in [6.45, 7) is 8.13. The second kappa shape index (κ2) is 5.00. The van der Waals surface area contributed by atoms with E-state index in [2.05, 4.69) is 26.8 Å². The van der Waals surface area contributed by atoms with Crippen LogP contribution in [-0.4, -0.2) is 29.8 Å². The molecule has 0 saturated carbocycles. The molecule has 1 aliphatic rings. The summed E-state index contributed by atoms with van der Waals surface area (Å²) in [5.41, 5.74) is 1.97. The van der Waals surface area contributed by atoms with Gasteiger partial charge in [0.05, 0.1) is 7.11 Å². The van der Waals surface area contributed by atoms with Crippen molar-refractivity contribution >= 4 is 11.7 Å². The first-order chi connectivity index (χ1) is 9.27. The molecule has 4 nitrogen and oxygen atoms in total. The van der Waals surface area contributed by atoms with Crippen LogP contribution in [0, 0.1) is 0 Å². The summed E-state index contributed by atoms with van der Waals surface area (Å²) in [6, 6.07) is 5.38. The Hall–Kier alpha value is -1.71. The van der Waals surface area contributed by atoms with Crippen LogP contribution in [0.25, 0.3) is 0 Å². The number of rotatable bonds is 3. The molecule has 1 N–H and O–H groups in total. The minimum absolute atomic E-state index is 0.198. The molecule has 20 heavy (non-hydrogen) atoms. The van der Waals surface area contributed by atoms with Crippen LogP contribution < -0.4 is 9.64 Å². The Kier molecular flexibility index (Phi) is 3.67. The molecule has 0 aliphatic carbocycles. The molecule has 0 aromatic heterocycles. The first-order valence-electron chi connectivity index (χ1n) is 6.98. The van der Waals surface area contributed by atoms with Crippen molar-refractivity contribution in [3.63, 3.8) is 0 Å². The van der Waals surface area contributed by atoms with E-state index < -0.39 is 12.0 Å². The van der Waals surface area contributed by atoms with E-state index in [9.17, 15) is 9.90 Å². The third-order valence-corrected chi connectivity index (χ3v) is 4.23. The molecule has 1 aromatic carbocycles. The molecular weight excluding hydrogens is 254 g/mol. The van der Waals surface area contributed by atoms with Crippen LogP contribution in [0.5, 0.6) is 5.75 Å². The van der Waals surface area contributed by atoms with Gasteiger partial charge in [0.2, 0.25) is 0 Å². The maximum Gasteiger partial charge on any atom is 0.326 e. The van der Waals surface area contributed by atoms with Gasteiger partial charge in [0.25, 0.3) is 0 Å². The number of ether oxygens (including phenoxy) is 1. The maximum atomic E-state index is 11.5. The average molecular weight is 277 g/mol. The molecular formula is C16H23NO3. The van der Waals surface area contributed by atoms with Gasteiger partial charge in [-0.2, -0.15) is 0 Å². The van der Waals surface area contributed by atoms with E-state index in [1.54, 1.807) is 14.0 Å². The van der Waals surface area contributed by atoms with Crippen LogP contribution in [0.2, 0.25) is 0 Å². The van der Waals surface area contributed by atoms with E-state index >= 15 is 0 Å². The number of hydrogen-bond donors (Lipinski definition) is 1.